The van der Waals surface area contributed by atoms with Crippen molar-refractivity contribution in [2.45, 2.75) is 0 Å². The van der Waals surface area contributed by atoms with Gasteiger partial charge in [-0.25, -0.2) is 15.0 Å². The van der Waals surface area contributed by atoms with Gasteiger partial charge in [0.2, 0.25) is 0 Å². The molecule has 48 heavy (non-hydrogen) atoms. The number of aromatic nitrogens is 4. The van der Waals surface area contributed by atoms with Gasteiger partial charge in [-0.15, -0.1) is 0 Å². The van der Waals surface area contributed by atoms with Gasteiger partial charge >= 0.3 is 0 Å². The third-order valence-electron chi connectivity index (χ3n) is 8.99. The van der Waals surface area contributed by atoms with E-state index in [0.717, 1.165) is 82.5 Å². The number of hydrogen-bond acceptors (Lipinski definition) is 6. The summed E-state index contributed by atoms with van der Waals surface area (Å²) in [4.78, 5) is 19.6. The number of para-hydroxylation sites is 2. The van der Waals surface area contributed by atoms with Crippen molar-refractivity contribution in [1.82, 2.24) is 19.9 Å². The van der Waals surface area contributed by atoms with Gasteiger partial charge in [0.1, 0.15) is 22.3 Å². The minimum Gasteiger partial charge on any atom is -0.456 e. The van der Waals surface area contributed by atoms with Gasteiger partial charge in [-0.3, -0.25) is 4.98 Å². The molecule has 224 valence electrons. The van der Waals surface area contributed by atoms with E-state index < -0.39 is 0 Å². The number of nitrogens with zero attached hydrogens (tertiary/aromatic N) is 4. The van der Waals surface area contributed by atoms with Crippen LogP contribution in [-0.4, -0.2) is 19.9 Å². The number of hydrogen-bond donors (Lipinski definition) is 0. The fraction of sp³-hybridized carbons (Fsp3) is 0. The molecule has 0 saturated heterocycles. The van der Waals surface area contributed by atoms with E-state index in [4.69, 9.17) is 23.8 Å². The van der Waals surface area contributed by atoms with Crippen molar-refractivity contribution in [1.29, 1.82) is 0 Å². The van der Waals surface area contributed by atoms with Gasteiger partial charge in [-0.05, 0) is 47.3 Å². The van der Waals surface area contributed by atoms with E-state index in [1.165, 1.54) is 0 Å². The van der Waals surface area contributed by atoms with Crippen LogP contribution < -0.4 is 0 Å². The van der Waals surface area contributed by atoms with Gasteiger partial charge in [0.05, 0.1) is 0 Å². The molecule has 0 N–H and O–H groups in total. The molecule has 0 bridgehead atoms. The monoisotopic (exact) mass is 616 g/mol. The lowest BCUT2D eigenvalue weighted by Gasteiger charge is -2.11. The smallest absolute Gasteiger partial charge is 0.164 e. The lowest BCUT2D eigenvalue weighted by atomic mass is 9.96. The number of pyridine rings is 1. The van der Waals surface area contributed by atoms with E-state index in [9.17, 15) is 0 Å². The third-order valence-corrected chi connectivity index (χ3v) is 8.99. The quantitative estimate of drug-likeness (QED) is 0.196. The fourth-order valence-corrected chi connectivity index (χ4v) is 6.72. The second-order valence-electron chi connectivity index (χ2n) is 11.9. The van der Waals surface area contributed by atoms with Crippen molar-refractivity contribution in [3.8, 4) is 45.3 Å². The Bertz CT molecular complexity index is 2780. The standard InChI is InChI=1S/C42H24N4O2/c1-3-10-25(11-4-1)40-44-41(26-12-5-2-6-13-26)46-42(45-40)34-21-28(30-15-9-16-32-31-14-7-8-17-35(31)48-39(30)32)22-37-38(34)33-20-27-18-19-43-24-29(27)23-36(33)47-37/h1-24H. The molecule has 0 atom stereocenters. The normalized spacial score (nSPS) is 11.8. The molecule has 0 saturated carbocycles. The Morgan fingerprint density at radius 2 is 1.12 bits per heavy atom. The number of furan rings is 2. The number of fused-ring (bicyclic) bond motifs is 7. The van der Waals surface area contributed by atoms with E-state index >= 15 is 0 Å². The first kappa shape index (κ1) is 26.5. The second kappa shape index (κ2) is 10.4. The van der Waals surface area contributed by atoms with Gasteiger partial charge < -0.3 is 8.83 Å². The number of benzene rings is 6. The molecule has 10 rings (SSSR count). The maximum absolute atomic E-state index is 6.66. The van der Waals surface area contributed by atoms with E-state index in [1.54, 1.807) is 0 Å². The van der Waals surface area contributed by atoms with Crippen LogP contribution in [0.4, 0.5) is 0 Å². The van der Waals surface area contributed by atoms with Gasteiger partial charge in [-0.2, -0.15) is 0 Å². The van der Waals surface area contributed by atoms with Gasteiger partial charge in [0.25, 0.3) is 0 Å². The predicted octanol–water partition coefficient (Wildman–Crippen LogP) is 10.9. The molecule has 6 aromatic carbocycles. The Labute approximate surface area is 274 Å². The van der Waals surface area contributed by atoms with Crippen LogP contribution in [0.25, 0.3) is 99.9 Å². The minimum absolute atomic E-state index is 0.559. The lowest BCUT2D eigenvalue weighted by molar-refractivity contribution is 0.668. The van der Waals surface area contributed by atoms with Crippen LogP contribution in [-0.2, 0) is 0 Å². The molecule has 0 aliphatic heterocycles. The second-order valence-corrected chi connectivity index (χ2v) is 11.9. The SMILES string of the molecule is c1ccc(-c2nc(-c3ccccc3)nc(-c3cc(-c4cccc5c4oc4ccccc45)cc4oc5cc6cnccc6cc5c34)n2)cc1. The average Bonchev–Trinajstić information content (AvgIpc) is 3.72. The Kier molecular flexibility index (Phi) is 5.77. The molecule has 0 unspecified atom stereocenters. The highest BCUT2D eigenvalue weighted by Crippen LogP contribution is 2.43. The van der Waals surface area contributed by atoms with Crippen molar-refractivity contribution < 1.29 is 8.83 Å². The molecule has 10 aromatic rings. The maximum atomic E-state index is 6.66. The zero-order valence-electron chi connectivity index (χ0n) is 25.5. The van der Waals surface area contributed by atoms with Crippen molar-refractivity contribution >= 4 is 54.6 Å². The van der Waals surface area contributed by atoms with Crippen LogP contribution in [0, 0.1) is 0 Å². The highest BCUT2D eigenvalue weighted by molar-refractivity contribution is 6.17. The minimum atomic E-state index is 0.559. The summed E-state index contributed by atoms with van der Waals surface area (Å²) in [5.74, 6) is 1.76. The first-order valence-electron chi connectivity index (χ1n) is 15.8. The molecular weight excluding hydrogens is 592 g/mol. The molecule has 0 aliphatic carbocycles. The zero-order chi connectivity index (χ0) is 31.6. The molecule has 6 heteroatoms. The fourth-order valence-electron chi connectivity index (χ4n) is 6.72. The third kappa shape index (κ3) is 4.20. The largest absolute Gasteiger partial charge is 0.456 e. The molecule has 0 spiro atoms. The van der Waals surface area contributed by atoms with Crippen molar-refractivity contribution in [3.05, 3.63) is 146 Å². The van der Waals surface area contributed by atoms with Crippen LogP contribution in [0.1, 0.15) is 0 Å². The molecule has 6 nitrogen and oxygen atoms in total. The van der Waals surface area contributed by atoms with Gasteiger partial charge in [0, 0.05) is 61.6 Å². The predicted molar refractivity (Wildman–Crippen MR) is 191 cm³/mol. The highest BCUT2D eigenvalue weighted by atomic mass is 16.3. The summed E-state index contributed by atoms with van der Waals surface area (Å²) in [6, 6.07) is 45.0. The number of rotatable bonds is 4. The van der Waals surface area contributed by atoms with Crippen LogP contribution >= 0.6 is 0 Å². The summed E-state index contributed by atoms with van der Waals surface area (Å²) in [5, 5.41) is 6.15. The van der Waals surface area contributed by atoms with Gasteiger partial charge in [0.15, 0.2) is 17.5 Å². The Balaban J connectivity index is 1.31. The Morgan fingerprint density at radius 1 is 0.417 bits per heavy atom. The molecule has 0 amide bonds. The van der Waals surface area contributed by atoms with E-state index in [1.807, 2.05) is 97.3 Å². The zero-order valence-corrected chi connectivity index (χ0v) is 25.5. The van der Waals surface area contributed by atoms with Crippen LogP contribution in [0.5, 0.6) is 0 Å². The van der Waals surface area contributed by atoms with E-state index in [0.29, 0.717) is 17.5 Å². The first-order valence-corrected chi connectivity index (χ1v) is 15.8. The summed E-state index contributed by atoms with van der Waals surface area (Å²) >= 11 is 0. The molecule has 4 aromatic heterocycles. The lowest BCUT2D eigenvalue weighted by Crippen LogP contribution is -2.00. The summed E-state index contributed by atoms with van der Waals surface area (Å²) in [6.07, 6.45) is 3.68. The molecular formula is C42H24N4O2. The Morgan fingerprint density at radius 3 is 1.92 bits per heavy atom. The van der Waals surface area contributed by atoms with Crippen molar-refractivity contribution in [2.75, 3.05) is 0 Å². The summed E-state index contributed by atoms with van der Waals surface area (Å²) < 4.78 is 13.1. The average molecular weight is 617 g/mol. The molecule has 0 radical (unpaired) electrons. The van der Waals surface area contributed by atoms with Crippen LogP contribution in [0.15, 0.2) is 155 Å². The summed E-state index contributed by atoms with van der Waals surface area (Å²) in [6.45, 7) is 0. The van der Waals surface area contributed by atoms with Gasteiger partial charge in [-0.1, -0.05) is 97.1 Å². The first-order chi connectivity index (χ1) is 23.8. The van der Waals surface area contributed by atoms with Crippen molar-refractivity contribution in [2.24, 2.45) is 0 Å². The Hall–Kier alpha value is -6.66. The van der Waals surface area contributed by atoms with Crippen LogP contribution in [0.3, 0.4) is 0 Å². The van der Waals surface area contributed by atoms with E-state index in [-0.39, 0.29) is 0 Å². The molecule has 0 fully saturated rings. The topological polar surface area (TPSA) is 77.8 Å². The molecule has 4 heterocycles. The van der Waals surface area contributed by atoms with E-state index in [2.05, 4.69) is 53.5 Å². The highest BCUT2D eigenvalue weighted by Gasteiger charge is 2.21. The maximum Gasteiger partial charge on any atom is 0.164 e. The van der Waals surface area contributed by atoms with Crippen LogP contribution in [0.2, 0.25) is 0 Å². The summed E-state index contributed by atoms with van der Waals surface area (Å²) in [7, 11) is 0. The van der Waals surface area contributed by atoms with Crippen molar-refractivity contribution in [3.63, 3.8) is 0 Å². The summed E-state index contributed by atoms with van der Waals surface area (Å²) in [5.41, 5.74) is 7.74. The molecule has 0 aliphatic rings.